The highest BCUT2D eigenvalue weighted by atomic mass is 32.2. The highest BCUT2D eigenvalue weighted by Crippen LogP contribution is 2.30. The fraction of sp³-hybridized carbons (Fsp3) is 0.200. The van der Waals surface area contributed by atoms with Crippen LogP contribution in [0.4, 0.5) is 5.95 Å². The van der Waals surface area contributed by atoms with E-state index in [1.54, 1.807) is 24.2 Å². The maximum atomic E-state index is 8.81. The molecule has 1 N–H and O–H groups in total. The molecule has 7 heteroatoms. The lowest BCUT2D eigenvalue weighted by molar-refractivity contribution is 0.383. The number of piperazine rings is 1. The molecule has 3 aromatic rings. The Morgan fingerprint density at radius 3 is 2.16 bits per heavy atom. The minimum atomic E-state index is 0.495. The number of anilines is 1. The second kappa shape index (κ2) is 10.7. The van der Waals surface area contributed by atoms with Crippen LogP contribution in [-0.2, 0) is 0 Å². The van der Waals surface area contributed by atoms with Crippen LogP contribution in [0.1, 0.15) is 5.56 Å². The number of nitrogens with one attached hydrogen (secondary N) is 1. The van der Waals surface area contributed by atoms with Crippen molar-refractivity contribution in [2.24, 2.45) is 4.99 Å². The van der Waals surface area contributed by atoms with Crippen molar-refractivity contribution in [3.8, 4) is 0 Å². The summed E-state index contributed by atoms with van der Waals surface area (Å²) in [5, 5.41) is 8.81. The Morgan fingerprint density at radius 1 is 0.906 bits per heavy atom. The van der Waals surface area contributed by atoms with E-state index in [9.17, 15) is 0 Å². The number of thioether (sulfide) groups is 1. The fourth-order valence-electron chi connectivity index (χ4n) is 3.56. The number of benzene rings is 2. The highest BCUT2D eigenvalue weighted by molar-refractivity contribution is 8.04. The molecule has 6 nitrogen and oxygen atoms in total. The van der Waals surface area contributed by atoms with Crippen molar-refractivity contribution < 1.29 is 0 Å². The van der Waals surface area contributed by atoms with E-state index in [4.69, 9.17) is 5.41 Å². The van der Waals surface area contributed by atoms with Crippen molar-refractivity contribution >= 4 is 29.3 Å². The van der Waals surface area contributed by atoms with Gasteiger partial charge in [0.15, 0.2) is 0 Å². The average molecular weight is 443 g/mol. The molecule has 0 spiro atoms. The molecule has 1 fully saturated rings. The zero-order valence-corrected chi connectivity index (χ0v) is 18.9. The first kappa shape index (κ1) is 21.8. The zero-order chi connectivity index (χ0) is 22.2. The van der Waals surface area contributed by atoms with Gasteiger partial charge in [-0.25, -0.2) is 9.97 Å². The number of hydrogen-bond donors (Lipinski definition) is 1. The summed E-state index contributed by atoms with van der Waals surface area (Å²) in [6.45, 7) is 3.07. The molecule has 1 aliphatic heterocycles. The third-order valence-corrected chi connectivity index (χ3v) is 6.24. The third-order valence-electron chi connectivity index (χ3n) is 5.20. The lowest BCUT2D eigenvalue weighted by Crippen LogP contribution is -2.48. The molecule has 0 amide bonds. The monoisotopic (exact) mass is 442 g/mol. The average Bonchev–Trinajstić information content (AvgIpc) is 2.86. The van der Waals surface area contributed by atoms with Gasteiger partial charge in [0, 0.05) is 61.0 Å². The number of aromatic nitrogens is 2. The lowest BCUT2D eigenvalue weighted by Gasteiger charge is -2.35. The summed E-state index contributed by atoms with van der Waals surface area (Å²) in [4.78, 5) is 19.6. The smallest absolute Gasteiger partial charge is 0.225 e. The normalized spacial score (nSPS) is 15.0. The van der Waals surface area contributed by atoms with E-state index in [1.165, 1.54) is 0 Å². The summed E-state index contributed by atoms with van der Waals surface area (Å²) in [5.41, 5.74) is 1.93. The van der Waals surface area contributed by atoms with Gasteiger partial charge in [0.2, 0.25) is 5.95 Å². The molecule has 2 aromatic carbocycles. The van der Waals surface area contributed by atoms with Gasteiger partial charge in [-0.3, -0.25) is 10.4 Å². The van der Waals surface area contributed by atoms with Crippen molar-refractivity contribution in [1.29, 1.82) is 5.41 Å². The molecule has 4 rings (SSSR count). The molecule has 32 heavy (non-hydrogen) atoms. The van der Waals surface area contributed by atoms with Gasteiger partial charge in [-0.15, -0.1) is 0 Å². The molecule has 0 atom stereocenters. The number of aliphatic imine (C=N–C) groups is 1. The molecule has 162 valence electrons. The van der Waals surface area contributed by atoms with Crippen LogP contribution in [0.25, 0.3) is 0 Å². The van der Waals surface area contributed by atoms with Gasteiger partial charge in [0.05, 0.1) is 5.71 Å². The molecule has 0 saturated carbocycles. The van der Waals surface area contributed by atoms with Crippen molar-refractivity contribution in [2.75, 3.05) is 38.1 Å². The third kappa shape index (κ3) is 5.42. The van der Waals surface area contributed by atoms with Gasteiger partial charge in [-0.1, -0.05) is 60.3 Å². The van der Waals surface area contributed by atoms with Crippen molar-refractivity contribution in [3.05, 3.63) is 95.7 Å². The lowest BCUT2D eigenvalue weighted by atomic mass is 10.1. The molecular formula is C25H26N6S. The molecule has 1 aliphatic rings. The van der Waals surface area contributed by atoms with Crippen molar-refractivity contribution in [2.45, 2.75) is 4.90 Å². The molecule has 0 aliphatic carbocycles. The highest BCUT2D eigenvalue weighted by Gasteiger charge is 2.21. The number of amidine groups is 1. The van der Waals surface area contributed by atoms with E-state index in [0.717, 1.165) is 53.2 Å². The first-order valence-corrected chi connectivity index (χ1v) is 11.4. The van der Waals surface area contributed by atoms with Gasteiger partial charge in [-0.05, 0) is 24.3 Å². The quantitative estimate of drug-likeness (QED) is 0.349. The first-order chi connectivity index (χ1) is 15.7. The van der Waals surface area contributed by atoms with Crippen molar-refractivity contribution in [3.63, 3.8) is 0 Å². The van der Waals surface area contributed by atoms with Gasteiger partial charge in [0.1, 0.15) is 5.84 Å². The van der Waals surface area contributed by atoms with E-state index in [2.05, 4.69) is 49.0 Å². The maximum absolute atomic E-state index is 8.81. The number of allylic oxidation sites excluding steroid dienone is 1. The first-order valence-electron chi connectivity index (χ1n) is 10.6. The van der Waals surface area contributed by atoms with Crippen LogP contribution in [0.3, 0.4) is 0 Å². The largest absolute Gasteiger partial charge is 0.354 e. The topological polar surface area (TPSA) is 68.5 Å². The Labute approximate surface area is 193 Å². The van der Waals surface area contributed by atoms with Gasteiger partial charge in [0.25, 0.3) is 0 Å². The molecule has 1 saturated heterocycles. The summed E-state index contributed by atoms with van der Waals surface area (Å²) in [6.07, 6.45) is 5.48. The van der Waals surface area contributed by atoms with Crippen LogP contribution in [0.2, 0.25) is 0 Å². The molecular weight excluding hydrogens is 416 g/mol. The molecule has 0 radical (unpaired) electrons. The van der Waals surface area contributed by atoms with E-state index >= 15 is 0 Å². The Morgan fingerprint density at radius 2 is 1.53 bits per heavy atom. The fourth-order valence-corrected chi connectivity index (χ4v) is 4.58. The molecule has 1 aromatic heterocycles. The standard InChI is InChI=1S/C25H26N6S/c1-27-24(20-9-4-2-5-10-20)22(32-21-11-6-3-7-12-21)19-23(26)30-15-17-31(18-16-30)25-28-13-8-14-29-25/h2-14,19,26H,15-18H2,1H3/b22-19+,26-23?,27-24?. The maximum Gasteiger partial charge on any atom is 0.225 e. The minimum absolute atomic E-state index is 0.495. The predicted molar refractivity (Wildman–Crippen MR) is 133 cm³/mol. The zero-order valence-electron chi connectivity index (χ0n) is 18.1. The second-order valence-corrected chi connectivity index (χ2v) is 8.39. The summed E-state index contributed by atoms with van der Waals surface area (Å²) in [5.74, 6) is 1.24. The Kier molecular flexibility index (Phi) is 7.30. The summed E-state index contributed by atoms with van der Waals surface area (Å²) < 4.78 is 0. The van der Waals surface area contributed by atoms with Crippen LogP contribution in [0.5, 0.6) is 0 Å². The van der Waals surface area contributed by atoms with Crippen LogP contribution in [0, 0.1) is 5.41 Å². The van der Waals surface area contributed by atoms with Gasteiger partial charge in [-0.2, -0.15) is 0 Å². The van der Waals surface area contributed by atoms with Gasteiger partial charge >= 0.3 is 0 Å². The van der Waals surface area contributed by atoms with Crippen LogP contribution >= 0.6 is 11.8 Å². The van der Waals surface area contributed by atoms with E-state index in [-0.39, 0.29) is 0 Å². The summed E-state index contributed by atoms with van der Waals surface area (Å²) >= 11 is 1.64. The summed E-state index contributed by atoms with van der Waals surface area (Å²) in [6, 6.07) is 22.2. The van der Waals surface area contributed by atoms with E-state index < -0.39 is 0 Å². The Bertz CT molecular complexity index is 1080. The summed E-state index contributed by atoms with van der Waals surface area (Å²) in [7, 11) is 1.81. The number of rotatable bonds is 6. The van der Waals surface area contributed by atoms with E-state index in [1.807, 2.05) is 55.6 Å². The van der Waals surface area contributed by atoms with Crippen LogP contribution in [0.15, 0.2) is 100.0 Å². The number of hydrogen-bond acceptors (Lipinski definition) is 6. The molecule has 2 heterocycles. The van der Waals surface area contributed by atoms with Crippen LogP contribution in [-0.4, -0.2) is 59.6 Å². The number of nitrogens with zero attached hydrogens (tertiary/aromatic N) is 5. The van der Waals surface area contributed by atoms with E-state index in [0.29, 0.717) is 5.84 Å². The van der Waals surface area contributed by atoms with Crippen LogP contribution < -0.4 is 4.90 Å². The predicted octanol–water partition coefficient (Wildman–Crippen LogP) is 4.37. The molecule has 0 bridgehead atoms. The second-order valence-electron chi connectivity index (χ2n) is 7.27. The SMILES string of the molecule is CN=C(/C(=C\C(=N)N1CCN(c2ncccn2)CC1)Sc1ccccc1)c1ccccc1. The van der Waals surface area contributed by atoms with Gasteiger partial charge < -0.3 is 9.80 Å². The Balaban J connectivity index is 1.54. The minimum Gasteiger partial charge on any atom is -0.354 e. The molecule has 0 unspecified atom stereocenters. The van der Waals surface area contributed by atoms with Crippen molar-refractivity contribution in [1.82, 2.24) is 14.9 Å². The Hall–Kier alpha value is -3.45.